The third-order valence-electron chi connectivity index (χ3n) is 5.51. The smallest absolute Gasteiger partial charge is 0.253 e. The van der Waals surface area contributed by atoms with E-state index >= 15 is 0 Å². The summed E-state index contributed by atoms with van der Waals surface area (Å²) in [6, 6.07) is 17.8. The fourth-order valence-corrected chi connectivity index (χ4v) is 3.82. The van der Waals surface area contributed by atoms with Crippen LogP contribution in [0.3, 0.4) is 0 Å². The van der Waals surface area contributed by atoms with Crippen LogP contribution in [0.5, 0.6) is 0 Å². The van der Waals surface area contributed by atoms with Crippen molar-refractivity contribution in [1.82, 2.24) is 20.1 Å². The van der Waals surface area contributed by atoms with Gasteiger partial charge in [0, 0.05) is 63.3 Å². The molecule has 1 aliphatic heterocycles. The maximum atomic E-state index is 12.8. The number of hydrogen-bond donors (Lipinski definition) is 1. The van der Waals surface area contributed by atoms with Gasteiger partial charge in [0.25, 0.3) is 5.91 Å². The van der Waals surface area contributed by atoms with Crippen LogP contribution in [-0.4, -0.2) is 52.8 Å². The van der Waals surface area contributed by atoms with E-state index in [0.717, 1.165) is 36.1 Å². The van der Waals surface area contributed by atoms with Crippen molar-refractivity contribution in [3.05, 3.63) is 77.5 Å². The summed E-state index contributed by atoms with van der Waals surface area (Å²) < 4.78 is 0. The van der Waals surface area contributed by atoms with Gasteiger partial charge < -0.3 is 10.2 Å². The third-order valence-corrected chi connectivity index (χ3v) is 5.51. The minimum atomic E-state index is -0.0627. The molecule has 4 rings (SSSR count). The molecule has 3 aromatic rings. The summed E-state index contributed by atoms with van der Waals surface area (Å²) in [6.07, 6.45) is 1.84. The van der Waals surface area contributed by atoms with Crippen molar-refractivity contribution in [3.63, 3.8) is 0 Å². The van der Waals surface area contributed by atoms with Crippen LogP contribution in [0.4, 0.5) is 0 Å². The lowest BCUT2D eigenvalue weighted by atomic mass is 10.1. The first kappa shape index (κ1) is 20.0. The number of rotatable bonds is 5. The van der Waals surface area contributed by atoms with E-state index in [1.165, 1.54) is 12.5 Å². The number of nitrogens with zero attached hydrogens (tertiary/aromatic N) is 3. The maximum Gasteiger partial charge on any atom is 0.253 e. The predicted molar refractivity (Wildman–Crippen MR) is 117 cm³/mol. The van der Waals surface area contributed by atoms with Crippen LogP contribution in [-0.2, 0) is 17.9 Å². The van der Waals surface area contributed by atoms with E-state index in [4.69, 9.17) is 0 Å². The summed E-state index contributed by atoms with van der Waals surface area (Å²) in [5, 5.41) is 3.92. The van der Waals surface area contributed by atoms with E-state index in [2.05, 4.69) is 39.5 Å². The quantitative estimate of drug-likeness (QED) is 0.713. The van der Waals surface area contributed by atoms with Crippen LogP contribution in [0.1, 0.15) is 28.4 Å². The fraction of sp³-hybridized carbons (Fsp3) is 0.292. The number of benzene rings is 2. The molecular weight excluding hydrogens is 376 g/mol. The van der Waals surface area contributed by atoms with Crippen molar-refractivity contribution < 1.29 is 9.59 Å². The summed E-state index contributed by atoms with van der Waals surface area (Å²) in [7, 11) is 0. The molecule has 0 unspecified atom stereocenters. The minimum absolute atomic E-state index is 0.0626. The fourth-order valence-electron chi connectivity index (χ4n) is 3.82. The Bertz CT molecular complexity index is 1040. The summed E-state index contributed by atoms with van der Waals surface area (Å²) in [5.41, 5.74) is 3.95. The highest BCUT2D eigenvalue weighted by Gasteiger charge is 2.22. The van der Waals surface area contributed by atoms with Gasteiger partial charge in [0.1, 0.15) is 0 Å². The predicted octanol–water partition coefficient (Wildman–Crippen LogP) is 2.83. The molecule has 0 spiro atoms. The Labute approximate surface area is 176 Å². The van der Waals surface area contributed by atoms with E-state index < -0.39 is 0 Å². The molecule has 1 saturated heterocycles. The molecule has 0 bridgehead atoms. The van der Waals surface area contributed by atoms with Crippen molar-refractivity contribution in [3.8, 4) is 0 Å². The van der Waals surface area contributed by atoms with Crippen molar-refractivity contribution in [2.75, 3.05) is 26.2 Å². The monoisotopic (exact) mass is 402 g/mol. The maximum absolute atomic E-state index is 12.8. The average Bonchev–Trinajstić information content (AvgIpc) is 2.78. The van der Waals surface area contributed by atoms with Crippen LogP contribution in [0.25, 0.3) is 10.9 Å². The molecule has 1 N–H and O–H groups in total. The van der Waals surface area contributed by atoms with Gasteiger partial charge in [-0.05, 0) is 29.3 Å². The molecule has 1 aliphatic rings. The second-order valence-electron chi connectivity index (χ2n) is 7.67. The number of amides is 2. The standard InChI is InChI=1S/C24H26N4O2/c1-18(29)26-16-19-7-9-21(10-8-19)24(30)28-14-12-27(13-15-28)17-22-5-2-4-20-6-3-11-25-23(20)22/h2-11H,12-17H2,1H3,(H,26,29). The highest BCUT2D eigenvalue weighted by molar-refractivity contribution is 5.94. The SMILES string of the molecule is CC(=O)NCc1ccc(C(=O)N2CCN(Cc3cccc4cccnc34)CC2)cc1. The summed E-state index contributed by atoms with van der Waals surface area (Å²) in [6.45, 7) is 5.93. The van der Waals surface area contributed by atoms with E-state index in [-0.39, 0.29) is 11.8 Å². The number of nitrogens with one attached hydrogen (secondary N) is 1. The van der Waals surface area contributed by atoms with Crippen molar-refractivity contribution in [2.45, 2.75) is 20.0 Å². The molecule has 0 atom stereocenters. The van der Waals surface area contributed by atoms with E-state index in [9.17, 15) is 9.59 Å². The molecule has 2 aromatic carbocycles. The molecular formula is C24H26N4O2. The second kappa shape index (κ2) is 9.05. The van der Waals surface area contributed by atoms with Crippen LogP contribution >= 0.6 is 0 Å². The van der Waals surface area contributed by atoms with Crippen LogP contribution < -0.4 is 5.32 Å². The Morgan fingerprint density at radius 2 is 1.70 bits per heavy atom. The van der Waals surface area contributed by atoms with E-state index in [1.54, 1.807) is 0 Å². The summed E-state index contributed by atoms with van der Waals surface area (Å²) in [5.74, 6) is -0.000130. The minimum Gasteiger partial charge on any atom is -0.352 e. The second-order valence-corrected chi connectivity index (χ2v) is 7.67. The van der Waals surface area contributed by atoms with Gasteiger partial charge in [-0.25, -0.2) is 0 Å². The van der Waals surface area contributed by atoms with Gasteiger partial charge in [-0.2, -0.15) is 0 Å². The lowest BCUT2D eigenvalue weighted by Crippen LogP contribution is -2.48. The molecule has 0 radical (unpaired) electrons. The number of hydrogen-bond acceptors (Lipinski definition) is 4. The summed E-state index contributed by atoms with van der Waals surface area (Å²) >= 11 is 0. The van der Waals surface area contributed by atoms with E-state index in [0.29, 0.717) is 25.2 Å². The molecule has 6 nitrogen and oxygen atoms in total. The normalized spacial score (nSPS) is 14.6. The largest absolute Gasteiger partial charge is 0.352 e. The zero-order chi connectivity index (χ0) is 20.9. The van der Waals surface area contributed by atoms with Crippen LogP contribution in [0.15, 0.2) is 60.8 Å². The molecule has 2 amide bonds. The van der Waals surface area contributed by atoms with Gasteiger partial charge in [0.2, 0.25) is 5.91 Å². The number of fused-ring (bicyclic) bond motifs is 1. The Kier molecular flexibility index (Phi) is 6.05. The number of carbonyl (C=O) groups is 2. The average molecular weight is 402 g/mol. The number of piperazine rings is 1. The number of aromatic nitrogens is 1. The van der Waals surface area contributed by atoms with Gasteiger partial charge in [-0.1, -0.05) is 36.4 Å². The number of para-hydroxylation sites is 1. The zero-order valence-corrected chi connectivity index (χ0v) is 17.2. The Morgan fingerprint density at radius 1 is 0.967 bits per heavy atom. The number of carbonyl (C=O) groups excluding carboxylic acids is 2. The van der Waals surface area contributed by atoms with Crippen molar-refractivity contribution in [2.24, 2.45) is 0 Å². The summed E-state index contributed by atoms with van der Waals surface area (Å²) in [4.78, 5) is 32.7. The molecule has 30 heavy (non-hydrogen) atoms. The van der Waals surface area contributed by atoms with Gasteiger partial charge in [-0.15, -0.1) is 0 Å². The molecule has 0 aliphatic carbocycles. The van der Waals surface area contributed by atoms with Crippen LogP contribution in [0, 0.1) is 0 Å². The van der Waals surface area contributed by atoms with E-state index in [1.807, 2.05) is 41.4 Å². The number of pyridine rings is 1. The molecule has 1 aromatic heterocycles. The van der Waals surface area contributed by atoms with Gasteiger partial charge in [0.15, 0.2) is 0 Å². The highest BCUT2D eigenvalue weighted by Crippen LogP contribution is 2.19. The first-order chi connectivity index (χ1) is 14.6. The van der Waals surface area contributed by atoms with Gasteiger partial charge >= 0.3 is 0 Å². The lowest BCUT2D eigenvalue weighted by molar-refractivity contribution is -0.119. The van der Waals surface area contributed by atoms with Gasteiger partial charge in [-0.3, -0.25) is 19.5 Å². The molecule has 154 valence electrons. The Balaban J connectivity index is 1.34. The third kappa shape index (κ3) is 4.66. The zero-order valence-electron chi connectivity index (χ0n) is 17.2. The highest BCUT2D eigenvalue weighted by atomic mass is 16.2. The topological polar surface area (TPSA) is 65.5 Å². The molecule has 0 saturated carbocycles. The van der Waals surface area contributed by atoms with Crippen molar-refractivity contribution in [1.29, 1.82) is 0 Å². The van der Waals surface area contributed by atoms with Crippen molar-refractivity contribution >= 4 is 22.7 Å². The van der Waals surface area contributed by atoms with Gasteiger partial charge in [0.05, 0.1) is 5.52 Å². The lowest BCUT2D eigenvalue weighted by Gasteiger charge is -2.35. The first-order valence-corrected chi connectivity index (χ1v) is 10.3. The molecule has 6 heteroatoms. The Morgan fingerprint density at radius 3 is 2.43 bits per heavy atom. The molecule has 1 fully saturated rings. The first-order valence-electron chi connectivity index (χ1n) is 10.3. The molecule has 2 heterocycles. The Hall–Kier alpha value is -3.25. The van der Waals surface area contributed by atoms with Crippen LogP contribution in [0.2, 0.25) is 0 Å².